The standard InChI is InChI=1S/C17H23NO4/c1-11-4-7-15(22-3)14(8-11)9-16(19)18-10-13(17(20)21)6-5-12(18)2/h4,7-8,12-13H,5-6,9-10H2,1-3H3,(H,20,21). The van der Waals surface area contributed by atoms with Crippen LogP contribution >= 0.6 is 0 Å². The second-order valence-corrected chi connectivity index (χ2v) is 6.00. The van der Waals surface area contributed by atoms with Crippen molar-refractivity contribution in [2.45, 2.75) is 39.2 Å². The molecule has 1 aromatic rings. The van der Waals surface area contributed by atoms with E-state index in [9.17, 15) is 14.7 Å². The number of amides is 1. The number of aryl methyl sites for hydroxylation is 1. The van der Waals surface area contributed by atoms with Crippen molar-refractivity contribution in [2.75, 3.05) is 13.7 Å². The summed E-state index contributed by atoms with van der Waals surface area (Å²) in [6, 6.07) is 5.83. The minimum absolute atomic E-state index is 0.0395. The van der Waals surface area contributed by atoms with Crippen molar-refractivity contribution in [1.29, 1.82) is 0 Å². The van der Waals surface area contributed by atoms with Gasteiger partial charge in [0.15, 0.2) is 0 Å². The number of piperidine rings is 1. The molecular weight excluding hydrogens is 282 g/mol. The van der Waals surface area contributed by atoms with Crippen molar-refractivity contribution in [3.05, 3.63) is 29.3 Å². The minimum Gasteiger partial charge on any atom is -0.496 e. The number of rotatable bonds is 4. The maximum absolute atomic E-state index is 12.6. The molecule has 1 amide bonds. The third-order valence-corrected chi connectivity index (χ3v) is 4.33. The van der Waals surface area contributed by atoms with Crippen molar-refractivity contribution >= 4 is 11.9 Å². The van der Waals surface area contributed by atoms with Crippen LogP contribution in [0.15, 0.2) is 18.2 Å². The van der Waals surface area contributed by atoms with E-state index in [1.54, 1.807) is 12.0 Å². The summed E-state index contributed by atoms with van der Waals surface area (Å²) in [5, 5.41) is 9.17. The fourth-order valence-electron chi connectivity index (χ4n) is 2.97. The molecule has 2 rings (SSSR count). The SMILES string of the molecule is COc1ccc(C)cc1CC(=O)N1CC(C(=O)O)CCC1C. The van der Waals surface area contributed by atoms with Crippen LogP contribution in [0.25, 0.3) is 0 Å². The van der Waals surface area contributed by atoms with Gasteiger partial charge in [0.25, 0.3) is 0 Å². The molecule has 0 aliphatic carbocycles. The van der Waals surface area contributed by atoms with E-state index in [2.05, 4.69) is 0 Å². The number of ether oxygens (including phenoxy) is 1. The number of carboxylic acids is 1. The predicted molar refractivity (Wildman–Crippen MR) is 83.0 cm³/mol. The highest BCUT2D eigenvalue weighted by Crippen LogP contribution is 2.25. The number of likely N-dealkylation sites (tertiary alicyclic amines) is 1. The average molecular weight is 305 g/mol. The number of carbonyl (C=O) groups excluding carboxylic acids is 1. The Balaban J connectivity index is 2.14. The van der Waals surface area contributed by atoms with Gasteiger partial charge in [-0.2, -0.15) is 0 Å². The third kappa shape index (κ3) is 3.59. The van der Waals surface area contributed by atoms with Gasteiger partial charge in [-0.15, -0.1) is 0 Å². The summed E-state index contributed by atoms with van der Waals surface area (Å²) in [7, 11) is 1.59. The van der Waals surface area contributed by atoms with E-state index in [4.69, 9.17) is 4.74 Å². The van der Waals surface area contributed by atoms with Crippen LogP contribution in [0.2, 0.25) is 0 Å². The first-order valence-corrected chi connectivity index (χ1v) is 7.58. The van der Waals surface area contributed by atoms with Gasteiger partial charge in [0.05, 0.1) is 19.4 Å². The van der Waals surface area contributed by atoms with Gasteiger partial charge in [-0.05, 0) is 32.8 Å². The summed E-state index contributed by atoms with van der Waals surface area (Å²) in [5.74, 6) is -0.627. The van der Waals surface area contributed by atoms with Crippen LogP contribution in [0.1, 0.15) is 30.9 Å². The van der Waals surface area contributed by atoms with Gasteiger partial charge in [-0.3, -0.25) is 9.59 Å². The van der Waals surface area contributed by atoms with E-state index in [0.717, 1.165) is 17.5 Å². The molecule has 1 aromatic carbocycles. The third-order valence-electron chi connectivity index (χ3n) is 4.33. The number of carbonyl (C=O) groups is 2. The molecule has 1 N–H and O–H groups in total. The lowest BCUT2D eigenvalue weighted by Gasteiger charge is -2.36. The lowest BCUT2D eigenvalue weighted by atomic mass is 9.93. The molecule has 0 radical (unpaired) electrons. The van der Waals surface area contributed by atoms with Crippen molar-refractivity contribution in [1.82, 2.24) is 4.90 Å². The molecule has 1 heterocycles. The molecule has 5 heteroatoms. The lowest BCUT2D eigenvalue weighted by Crippen LogP contribution is -2.47. The van der Waals surface area contributed by atoms with Crippen molar-refractivity contribution in [3.63, 3.8) is 0 Å². The average Bonchev–Trinajstić information content (AvgIpc) is 2.47. The fraction of sp³-hybridized carbons (Fsp3) is 0.529. The highest BCUT2D eigenvalue weighted by atomic mass is 16.5. The Morgan fingerprint density at radius 1 is 1.36 bits per heavy atom. The van der Waals surface area contributed by atoms with Crippen molar-refractivity contribution in [2.24, 2.45) is 5.92 Å². The Hall–Kier alpha value is -2.04. The molecule has 1 aliphatic rings. The first kappa shape index (κ1) is 16.3. The molecule has 0 aromatic heterocycles. The maximum atomic E-state index is 12.6. The van der Waals surface area contributed by atoms with Gasteiger partial charge in [-0.25, -0.2) is 0 Å². The van der Waals surface area contributed by atoms with Gasteiger partial charge >= 0.3 is 5.97 Å². The number of carboxylic acid groups (broad SMARTS) is 1. The van der Waals surface area contributed by atoms with E-state index >= 15 is 0 Å². The second kappa shape index (κ2) is 6.81. The molecule has 1 saturated heterocycles. The van der Waals surface area contributed by atoms with E-state index in [1.165, 1.54) is 0 Å². The molecule has 5 nitrogen and oxygen atoms in total. The Morgan fingerprint density at radius 2 is 2.09 bits per heavy atom. The Labute approximate surface area is 130 Å². The molecular formula is C17H23NO4. The predicted octanol–water partition coefficient (Wildman–Crippen LogP) is 2.26. The molecule has 1 fully saturated rings. The smallest absolute Gasteiger partial charge is 0.308 e. The minimum atomic E-state index is -0.821. The van der Waals surface area contributed by atoms with Crippen LogP contribution in [0.3, 0.4) is 0 Å². The molecule has 0 bridgehead atoms. The van der Waals surface area contributed by atoms with E-state index < -0.39 is 11.9 Å². The van der Waals surface area contributed by atoms with Gasteiger partial charge in [-0.1, -0.05) is 17.7 Å². The molecule has 2 atom stereocenters. The second-order valence-electron chi connectivity index (χ2n) is 6.00. The van der Waals surface area contributed by atoms with Crippen molar-refractivity contribution < 1.29 is 19.4 Å². The molecule has 22 heavy (non-hydrogen) atoms. The lowest BCUT2D eigenvalue weighted by molar-refractivity contribution is -0.147. The van der Waals surface area contributed by atoms with Gasteiger partial charge in [0.1, 0.15) is 5.75 Å². The quantitative estimate of drug-likeness (QED) is 0.926. The number of hydrogen-bond donors (Lipinski definition) is 1. The van der Waals surface area contributed by atoms with Crippen LogP contribution in [-0.2, 0) is 16.0 Å². The van der Waals surface area contributed by atoms with Crippen LogP contribution in [-0.4, -0.2) is 41.6 Å². The van der Waals surface area contributed by atoms with E-state index in [1.807, 2.05) is 32.0 Å². The number of methoxy groups -OCH3 is 1. The number of nitrogens with zero attached hydrogens (tertiary/aromatic N) is 1. The van der Waals surface area contributed by atoms with Crippen LogP contribution in [0.5, 0.6) is 5.75 Å². The van der Waals surface area contributed by atoms with Crippen LogP contribution in [0.4, 0.5) is 0 Å². The van der Waals surface area contributed by atoms with Crippen LogP contribution < -0.4 is 4.74 Å². The zero-order valence-electron chi connectivity index (χ0n) is 13.3. The molecule has 1 aliphatic heterocycles. The Morgan fingerprint density at radius 3 is 2.73 bits per heavy atom. The Bertz CT molecular complexity index is 570. The summed E-state index contributed by atoms with van der Waals surface area (Å²) in [6.07, 6.45) is 1.60. The fourth-order valence-corrected chi connectivity index (χ4v) is 2.97. The normalized spacial score (nSPS) is 21.5. The monoisotopic (exact) mass is 305 g/mol. The number of aliphatic carboxylic acids is 1. The van der Waals surface area contributed by atoms with Gasteiger partial charge in [0.2, 0.25) is 5.91 Å². The summed E-state index contributed by atoms with van der Waals surface area (Å²) in [4.78, 5) is 25.5. The summed E-state index contributed by atoms with van der Waals surface area (Å²) in [5.41, 5.74) is 1.91. The summed E-state index contributed by atoms with van der Waals surface area (Å²) in [6.45, 7) is 4.24. The molecule has 0 spiro atoms. The molecule has 120 valence electrons. The molecule has 0 saturated carbocycles. The zero-order valence-corrected chi connectivity index (χ0v) is 13.3. The van der Waals surface area contributed by atoms with E-state index in [0.29, 0.717) is 18.7 Å². The van der Waals surface area contributed by atoms with Crippen molar-refractivity contribution in [3.8, 4) is 5.75 Å². The summed E-state index contributed by atoms with van der Waals surface area (Å²) >= 11 is 0. The number of hydrogen-bond acceptors (Lipinski definition) is 3. The van der Waals surface area contributed by atoms with Crippen LogP contribution in [0, 0.1) is 12.8 Å². The van der Waals surface area contributed by atoms with E-state index in [-0.39, 0.29) is 18.4 Å². The highest BCUT2D eigenvalue weighted by molar-refractivity contribution is 5.81. The zero-order chi connectivity index (χ0) is 16.3. The summed E-state index contributed by atoms with van der Waals surface area (Å²) < 4.78 is 5.31. The Kier molecular flexibility index (Phi) is 5.06. The first-order valence-electron chi connectivity index (χ1n) is 7.58. The van der Waals surface area contributed by atoms with Gasteiger partial charge in [0, 0.05) is 18.2 Å². The topological polar surface area (TPSA) is 66.8 Å². The molecule has 2 unspecified atom stereocenters. The largest absolute Gasteiger partial charge is 0.496 e. The first-order chi connectivity index (χ1) is 10.4. The number of benzene rings is 1. The maximum Gasteiger partial charge on any atom is 0.308 e. The van der Waals surface area contributed by atoms with Gasteiger partial charge < -0.3 is 14.7 Å². The highest BCUT2D eigenvalue weighted by Gasteiger charge is 2.32.